The Bertz CT molecular complexity index is 252. The summed E-state index contributed by atoms with van der Waals surface area (Å²) < 4.78 is 10.2. The molecule has 6 heteroatoms. The Hall–Kier alpha value is -1.26. The van der Waals surface area contributed by atoms with Crippen LogP contribution in [0.1, 0.15) is 33.1 Å². The SMILES string of the molecule is CCCOCCOC(=O)CC(CC)CN=[N+]=[N-]. The molecule has 98 valence electrons. The summed E-state index contributed by atoms with van der Waals surface area (Å²) >= 11 is 0. The molecule has 0 amide bonds. The van der Waals surface area contributed by atoms with Gasteiger partial charge < -0.3 is 9.47 Å². The summed E-state index contributed by atoms with van der Waals surface area (Å²) in [5, 5.41) is 3.46. The third-order valence-corrected chi connectivity index (χ3v) is 2.27. The average Bonchev–Trinajstić information content (AvgIpc) is 2.34. The molecule has 1 atom stereocenters. The molecule has 0 rings (SSSR count). The highest BCUT2D eigenvalue weighted by Crippen LogP contribution is 2.09. The van der Waals surface area contributed by atoms with Crippen molar-refractivity contribution in [1.29, 1.82) is 0 Å². The molecule has 0 heterocycles. The number of azide groups is 1. The molecular weight excluding hydrogens is 222 g/mol. The summed E-state index contributed by atoms with van der Waals surface area (Å²) in [4.78, 5) is 14.1. The van der Waals surface area contributed by atoms with Gasteiger partial charge in [-0.05, 0) is 17.9 Å². The van der Waals surface area contributed by atoms with Crippen LogP contribution >= 0.6 is 0 Å². The van der Waals surface area contributed by atoms with Crippen LogP contribution in [0.25, 0.3) is 10.4 Å². The van der Waals surface area contributed by atoms with E-state index in [0.717, 1.165) is 12.8 Å². The Balaban J connectivity index is 3.64. The van der Waals surface area contributed by atoms with Crippen molar-refractivity contribution in [2.45, 2.75) is 33.1 Å². The minimum absolute atomic E-state index is 0.0648. The molecule has 0 radical (unpaired) electrons. The average molecular weight is 243 g/mol. The fourth-order valence-electron chi connectivity index (χ4n) is 1.25. The first-order chi connectivity index (χ1) is 8.24. The molecule has 0 spiro atoms. The highest BCUT2D eigenvalue weighted by Gasteiger charge is 2.12. The van der Waals surface area contributed by atoms with Gasteiger partial charge in [0.2, 0.25) is 0 Å². The Morgan fingerprint density at radius 1 is 1.35 bits per heavy atom. The third kappa shape index (κ3) is 9.66. The monoisotopic (exact) mass is 243 g/mol. The van der Waals surface area contributed by atoms with Crippen LogP contribution in [0.2, 0.25) is 0 Å². The zero-order valence-corrected chi connectivity index (χ0v) is 10.6. The van der Waals surface area contributed by atoms with Crippen molar-refractivity contribution < 1.29 is 14.3 Å². The number of esters is 1. The second-order valence-electron chi connectivity index (χ2n) is 3.72. The van der Waals surface area contributed by atoms with Gasteiger partial charge >= 0.3 is 5.97 Å². The van der Waals surface area contributed by atoms with Gasteiger partial charge in [0.25, 0.3) is 0 Å². The van der Waals surface area contributed by atoms with Crippen molar-refractivity contribution in [3.63, 3.8) is 0 Å². The van der Waals surface area contributed by atoms with E-state index in [-0.39, 0.29) is 18.5 Å². The second-order valence-corrected chi connectivity index (χ2v) is 3.72. The maximum atomic E-state index is 11.4. The van der Waals surface area contributed by atoms with Crippen LogP contribution in [0.3, 0.4) is 0 Å². The summed E-state index contributed by atoms with van der Waals surface area (Å²) in [6.45, 7) is 5.73. The lowest BCUT2D eigenvalue weighted by atomic mass is 10.0. The first kappa shape index (κ1) is 15.7. The van der Waals surface area contributed by atoms with Crippen molar-refractivity contribution in [3.8, 4) is 0 Å². The zero-order valence-electron chi connectivity index (χ0n) is 10.6. The van der Waals surface area contributed by atoms with Crippen molar-refractivity contribution in [2.75, 3.05) is 26.4 Å². The molecule has 0 fully saturated rings. The molecule has 6 nitrogen and oxygen atoms in total. The molecule has 0 aliphatic carbocycles. The van der Waals surface area contributed by atoms with Crippen LogP contribution in [0.5, 0.6) is 0 Å². The fraction of sp³-hybridized carbons (Fsp3) is 0.909. The van der Waals surface area contributed by atoms with E-state index in [1.165, 1.54) is 0 Å². The normalized spacial score (nSPS) is 11.6. The van der Waals surface area contributed by atoms with E-state index in [1.54, 1.807) is 0 Å². The van der Waals surface area contributed by atoms with Gasteiger partial charge in [-0.3, -0.25) is 4.79 Å². The highest BCUT2D eigenvalue weighted by molar-refractivity contribution is 5.69. The number of nitrogens with zero attached hydrogens (tertiary/aromatic N) is 3. The van der Waals surface area contributed by atoms with Gasteiger partial charge in [0.15, 0.2) is 0 Å². The quantitative estimate of drug-likeness (QED) is 0.194. The smallest absolute Gasteiger partial charge is 0.306 e. The molecule has 0 saturated heterocycles. The number of hydrogen-bond donors (Lipinski definition) is 0. The topological polar surface area (TPSA) is 84.3 Å². The van der Waals surface area contributed by atoms with Gasteiger partial charge in [-0.15, -0.1) is 0 Å². The molecule has 0 saturated carbocycles. The van der Waals surface area contributed by atoms with E-state index in [9.17, 15) is 4.79 Å². The fourth-order valence-corrected chi connectivity index (χ4v) is 1.25. The van der Waals surface area contributed by atoms with Crippen molar-refractivity contribution in [2.24, 2.45) is 11.0 Å². The summed E-state index contributed by atoms with van der Waals surface area (Å²) in [7, 11) is 0. The second kappa shape index (κ2) is 11.2. The maximum Gasteiger partial charge on any atom is 0.306 e. The Kier molecular flexibility index (Phi) is 10.4. The molecule has 0 aliphatic rings. The number of ether oxygens (including phenoxy) is 2. The van der Waals surface area contributed by atoms with Crippen LogP contribution < -0.4 is 0 Å². The molecule has 0 aromatic heterocycles. The van der Waals surface area contributed by atoms with E-state index >= 15 is 0 Å². The number of hydrogen-bond acceptors (Lipinski definition) is 4. The minimum Gasteiger partial charge on any atom is -0.463 e. The molecule has 0 aromatic rings. The van der Waals surface area contributed by atoms with Gasteiger partial charge in [-0.2, -0.15) is 0 Å². The van der Waals surface area contributed by atoms with Crippen LogP contribution in [0.4, 0.5) is 0 Å². The number of rotatable bonds is 10. The lowest BCUT2D eigenvalue weighted by molar-refractivity contribution is -0.146. The van der Waals surface area contributed by atoms with E-state index < -0.39 is 0 Å². The third-order valence-electron chi connectivity index (χ3n) is 2.27. The Morgan fingerprint density at radius 2 is 2.12 bits per heavy atom. The number of carbonyl (C=O) groups is 1. The van der Waals surface area contributed by atoms with Crippen molar-refractivity contribution in [3.05, 3.63) is 10.4 Å². The molecule has 0 N–H and O–H groups in total. The molecule has 1 unspecified atom stereocenters. The Labute approximate surface area is 102 Å². The maximum absolute atomic E-state index is 11.4. The van der Waals surface area contributed by atoms with Crippen LogP contribution in [-0.4, -0.2) is 32.3 Å². The molecular formula is C11H21N3O3. The molecule has 0 bridgehead atoms. The number of carbonyl (C=O) groups excluding carboxylic acids is 1. The van der Waals surface area contributed by atoms with Gasteiger partial charge in [-0.25, -0.2) is 0 Å². The summed E-state index contributed by atoms with van der Waals surface area (Å²) in [6, 6.07) is 0. The van der Waals surface area contributed by atoms with Crippen molar-refractivity contribution in [1.82, 2.24) is 0 Å². The highest BCUT2D eigenvalue weighted by atomic mass is 16.6. The molecule has 0 aliphatic heterocycles. The van der Waals surface area contributed by atoms with Crippen LogP contribution in [0.15, 0.2) is 5.11 Å². The predicted molar refractivity (Wildman–Crippen MR) is 64.5 cm³/mol. The summed E-state index contributed by atoms with van der Waals surface area (Å²) in [5.74, 6) is -0.194. The zero-order chi connectivity index (χ0) is 12.9. The van der Waals surface area contributed by atoms with Crippen LogP contribution in [-0.2, 0) is 14.3 Å². The molecule has 17 heavy (non-hydrogen) atoms. The first-order valence-electron chi connectivity index (χ1n) is 5.98. The van der Waals surface area contributed by atoms with Gasteiger partial charge in [0.1, 0.15) is 6.61 Å². The summed E-state index contributed by atoms with van der Waals surface area (Å²) in [6.07, 6.45) is 2.04. The Morgan fingerprint density at radius 3 is 2.71 bits per heavy atom. The van der Waals surface area contributed by atoms with Gasteiger partial charge in [0.05, 0.1) is 6.61 Å². The van der Waals surface area contributed by atoms with E-state index in [1.807, 2.05) is 13.8 Å². The standard InChI is InChI=1S/C11H21N3O3/c1-3-5-16-6-7-17-11(15)8-10(4-2)9-13-14-12/h10H,3-9H2,1-2H3. The van der Waals surface area contributed by atoms with Crippen LogP contribution in [0, 0.1) is 5.92 Å². The van der Waals surface area contributed by atoms with E-state index in [2.05, 4.69) is 10.0 Å². The first-order valence-corrected chi connectivity index (χ1v) is 5.98. The summed E-state index contributed by atoms with van der Waals surface area (Å²) in [5.41, 5.74) is 8.19. The van der Waals surface area contributed by atoms with Crippen molar-refractivity contribution >= 4 is 5.97 Å². The van der Waals surface area contributed by atoms with Gasteiger partial charge in [-0.1, -0.05) is 25.4 Å². The lowest BCUT2D eigenvalue weighted by Gasteiger charge is -2.11. The minimum atomic E-state index is -0.259. The van der Waals surface area contributed by atoms with Gasteiger partial charge in [0, 0.05) is 24.5 Å². The largest absolute Gasteiger partial charge is 0.463 e. The predicted octanol–water partition coefficient (Wildman–Crippen LogP) is 2.68. The lowest BCUT2D eigenvalue weighted by Crippen LogP contribution is -2.16. The van der Waals surface area contributed by atoms with E-state index in [4.69, 9.17) is 15.0 Å². The molecule has 0 aromatic carbocycles. The van der Waals surface area contributed by atoms with E-state index in [0.29, 0.717) is 26.2 Å².